The molecule has 0 bridgehead atoms. The quantitative estimate of drug-likeness (QED) is 0.321. The van der Waals surface area contributed by atoms with Crippen LogP contribution in [0.1, 0.15) is 0 Å². The Labute approximate surface area is 175 Å². The zero-order chi connectivity index (χ0) is 19.3. The molecule has 7 heteroatoms. The first kappa shape index (κ1) is 17.4. The monoisotopic (exact) mass is 424 g/mol. The summed E-state index contributed by atoms with van der Waals surface area (Å²) >= 11 is 18.6. The van der Waals surface area contributed by atoms with Gasteiger partial charge in [-0.25, -0.2) is 4.98 Å². The predicted octanol–water partition coefficient (Wildman–Crippen LogP) is 6.57. The van der Waals surface area contributed by atoms with Gasteiger partial charge in [-0.1, -0.05) is 46.9 Å². The second kappa shape index (κ2) is 6.74. The zero-order valence-corrected chi connectivity index (χ0v) is 16.5. The van der Waals surface area contributed by atoms with Crippen LogP contribution in [0.2, 0.25) is 15.1 Å². The van der Waals surface area contributed by atoms with Crippen molar-refractivity contribution in [2.24, 2.45) is 0 Å². The number of fused-ring (bicyclic) bond motifs is 3. The second-order valence-electron chi connectivity index (χ2n) is 6.29. The van der Waals surface area contributed by atoms with Crippen LogP contribution >= 0.6 is 34.8 Å². The standard InChI is InChI=1S/C21H11Cl3N4/c22-14-5-3-12(4-6-14)17-10-13-2-1-9-25-19(13)28-20(26-27-21(17)28)16-8-7-15(23)11-18(16)24/h1-11H. The highest BCUT2D eigenvalue weighted by molar-refractivity contribution is 6.36. The van der Waals surface area contributed by atoms with Gasteiger partial charge in [0.05, 0.1) is 5.02 Å². The highest BCUT2D eigenvalue weighted by Crippen LogP contribution is 2.34. The van der Waals surface area contributed by atoms with Crippen molar-refractivity contribution in [3.63, 3.8) is 0 Å². The lowest BCUT2D eigenvalue weighted by molar-refractivity contribution is 1.11. The maximum Gasteiger partial charge on any atom is 0.171 e. The minimum absolute atomic E-state index is 0.503. The van der Waals surface area contributed by atoms with Crippen molar-refractivity contribution in [1.82, 2.24) is 19.6 Å². The Hall–Kier alpha value is -2.66. The summed E-state index contributed by atoms with van der Waals surface area (Å²) in [5, 5.41) is 11.6. The normalized spacial score (nSPS) is 11.4. The fourth-order valence-electron chi connectivity index (χ4n) is 3.28. The van der Waals surface area contributed by atoms with Crippen molar-refractivity contribution >= 4 is 51.5 Å². The molecule has 0 saturated carbocycles. The number of nitrogens with zero attached hydrogens (tertiary/aromatic N) is 4. The van der Waals surface area contributed by atoms with Crippen LogP contribution in [-0.2, 0) is 0 Å². The summed E-state index contributed by atoms with van der Waals surface area (Å²) in [5.74, 6) is 0.608. The van der Waals surface area contributed by atoms with Crippen LogP contribution in [0.4, 0.5) is 0 Å². The van der Waals surface area contributed by atoms with Gasteiger partial charge in [0.2, 0.25) is 0 Å². The molecule has 0 fully saturated rings. The first-order chi connectivity index (χ1) is 13.6. The van der Waals surface area contributed by atoms with E-state index < -0.39 is 0 Å². The third-order valence-electron chi connectivity index (χ3n) is 4.56. The van der Waals surface area contributed by atoms with Crippen molar-refractivity contribution in [2.75, 3.05) is 0 Å². The van der Waals surface area contributed by atoms with Crippen molar-refractivity contribution in [2.45, 2.75) is 0 Å². The number of aromatic nitrogens is 4. The van der Waals surface area contributed by atoms with E-state index in [1.165, 1.54) is 0 Å². The van der Waals surface area contributed by atoms with Crippen molar-refractivity contribution in [1.29, 1.82) is 0 Å². The SMILES string of the molecule is Clc1ccc(-c2cc3cccnc3n3c(-c4ccc(Cl)cc4Cl)nnc23)cc1. The lowest BCUT2D eigenvalue weighted by atomic mass is 10.1. The fraction of sp³-hybridized carbons (Fsp3) is 0. The summed E-state index contributed by atoms with van der Waals surface area (Å²) in [6.45, 7) is 0. The number of halogens is 3. The molecular formula is C21H11Cl3N4. The van der Waals surface area contributed by atoms with Gasteiger partial charge in [0.25, 0.3) is 0 Å². The van der Waals surface area contributed by atoms with E-state index in [0.717, 1.165) is 27.7 Å². The Morgan fingerprint density at radius 3 is 2.29 bits per heavy atom. The smallest absolute Gasteiger partial charge is 0.171 e. The highest BCUT2D eigenvalue weighted by Gasteiger charge is 2.18. The van der Waals surface area contributed by atoms with Crippen molar-refractivity contribution < 1.29 is 0 Å². The largest absolute Gasteiger partial charge is 0.258 e. The maximum absolute atomic E-state index is 6.45. The molecule has 0 radical (unpaired) electrons. The third kappa shape index (κ3) is 2.81. The lowest BCUT2D eigenvalue weighted by Gasteiger charge is -2.10. The van der Waals surface area contributed by atoms with Crippen molar-refractivity contribution in [3.05, 3.63) is 81.9 Å². The minimum Gasteiger partial charge on any atom is -0.258 e. The Morgan fingerprint density at radius 2 is 1.50 bits per heavy atom. The average molecular weight is 426 g/mol. The molecule has 3 heterocycles. The minimum atomic E-state index is 0.503. The third-order valence-corrected chi connectivity index (χ3v) is 5.36. The number of hydrogen-bond donors (Lipinski definition) is 0. The van der Waals surface area contributed by atoms with Crippen LogP contribution in [0.15, 0.2) is 66.9 Å². The molecule has 3 aromatic heterocycles. The first-order valence-corrected chi connectivity index (χ1v) is 9.59. The van der Waals surface area contributed by atoms with Crippen LogP contribution in [0, 0.1) is 0 Å². The van der Waals surface area contributed by atoms with Crippen molar-refractivity contribution in [3.8, 4) is 22.5 Å². The van der Waals surface area contributed by atoms with Gasteiger partial charge in [-0.05, 0) is 54.1 Å². The summed E-state index contributed by atoms with van der Waals surface area (Å²) in [6.07, 6.45) is 1.75. The van der Waals surface area contributed by atoms with Crippen LogP contribution in [0.3, 0.4) is 0 Å². The first-order valence-electron chi connectivity index (χ1n) is 8.46. The molecule has 2 aromatic carbocycles. The Bertz CT molecular complexity index is 1340. The molecule has 4 nitrogen and oxygen atoms in total. The number of rotatable bonds is 2. The predicted molar refractivity (Wildman–Crippen MR) is 114 cm³/mol. The van der Waals surface area contributed by atoms with Crippen LogP contribution in [0.25, 0.3) is 39.2 Å². The van der Waals surface area contributed by atoms with E-state index in [2.05, 4.69) is 21.2 Å². The number of pyridine rings is 2. The molecule has 0 amide bonds. The highest BCUT2D eigenvalue weighted by atomic mass is 35.5. The van der Waals surface area contributed by atoms with Crippen LogP contribution in [-0.4, -0.2) is 19.6 Å². The topological polar surface area (TPSA) is 43.1 Å². The second-order valence-corrected chi connectivity index (χ2v) is 7.57. The molecule has 136 valence electrons. The number of benzene rings is 2. The molecule has 5 aromatic rings. The molecule has 0 atom stereocenters. The van der Waals surface area contributed by atoms with E-state index in [1.807, 2.05) is 46.9 Å². The van der Waals surface area contributed by atoms with Gasteiger partial charge >= 0.3 is 0 Å². The molecular weight excluding hydrogens is 415 g/mol. The molecule has 0 aliphatic heterocycles. The van der Waals surface area contributed by atoms with Gasteiger partial charge in [0, 0.05) is 32.8 Å². The van der Waals surface area contributed by atoms with Gasteiger partial charge in [-0.2, -0.15) is 0 Å². The molecule has 5 rings (SSSR count). The summed E-state index contributed by atoms with van der Waals surface area (Å²) in [6, 6.07) is 18.9. The van der Waals surface area contributed by atoms with E-state index in [9.17, 15) is 0 Å². The molecule has 0 saturated heterocycles. The fourth-order valence-corrected chi connectivity index (χ4v) is 3.89. The van der Waals surface area contributed by atoms with E-state index in [1.54, 1.807) is 18.3 Å². The molecule has 0 unspecified atom stereocenters. The van der Waals surface area contributed by atoms with E-state index in [-0.39, 0.29) is 0 Å². The van der Waals surface area contributed by atoms with E-state index in [0.29, 0.717) is 26.5 Å². The summed E-state index contributed by atoms with van der Waals surface area (Å²) < 4.78 is 1.92. The van der Waals surface area contributed by atoms with Gasteiger partial charge in [0.15, 0.2) is 11.5 Å². The summed E-state index contributed by atoms with van der Waals surface area (Å²) in [4.78, 5) is 4.56. The van der Waals surface area contributed by atoms with Crippen LogP contribution < -0.4 is 0 Å². The molecule has 0 aliphatic rings. The maximum atomic E-state index is 6.45. The zero-order valence-electron chi connectivity index (χ0n) is 14.3. The summed E-state index contributed by atoms with van der Waals surface area (Å²) in [7, 11) is 0. The molecule has 0 N–H and O–H groups in total. The van der Waals surface area contributed by atoms with Crippen LogP contribution in [0.5, 0.6) is 0 Å². The van der Waals surface area contributed by atoms with E-state index >= 15 is 0 Å². The Kier molecular flexibility index (Phi) is 4.20. The molecule has 0 aliphatic carbocycles. The van der Waals surface area contributed by atoms with Gasteiger partial charge in [-0.15, -0.1) is 10.2 Å². The molecule has 0 spiro atoms. The van der Waals surface area contributed by atoms with Gasteiger partial charge < -0.3 is 0 Å². The average Bonchev–Trinajstić information content (AvgIpc) is 3.13. The molecule has 28 heavy (non-hydrogen) atoms. The summed E-state index contributed by atoms with van der Waals surface area (Å²) in [5.41, 5.74) is 4.09. The Morgan fingerprint density at radius 1 is 0.714 bits per heavy atom. The van der Waals surface area contributed by atoms with Gasteiger partial charge in [-0.3, -0.25) is 4.40 Å². The Balaban J connectivity index is 1.89. The van der Waals surface area contributed by atoms with E-state index in [4.69, 9.17) is 34.8 Å². The van der Waals surface area contributed by atoms with Gasteiger partial charge in [0.1, 0.15) is 5.65 Å². The number of hydrogen-bond acceptors (Lipinski definition) is 3. The lowest BCUT2D eigenvalue weighted by Crippen LogP contribution is -1.97.